The van der Waals surface area contributed by atoms with Crippen molar-refractivity contribution in [2.75, 3.05) is 18.2 Å². The molecule has 0 atom stereocenters. The minimum absolute atomic E-state index is 0.149. The minimum atomic E-state index is -3.33. The average molecular weight is 390 g/mol. The number of amides is 1. The second kappa shape index (κ2) is 7.35. The van der Waals surface area contributed by atoms with Crippen molar-refractivity contribution in [3.8, 4) is 5.75 Å². The van der Waals surface area contributed by atoms with E-state index in [2.05, 4.69) is 5.32 Å². The van der Waals surface area contributed by atoms with Crippen LogP contribution in [0.15, 0.2) is 65.1 Å². The highest BCUT2D eigenvalue weighted by molar-refractivity contribution is 7.90. The topological polar surface area (TPSA) is 72.5 Å². The molecule has 26 heavy (non-hydrogen) atoms. The van der Waals surface area contributed by atoms with E-state index in [0.717, 1.165) is 23.1 Å². The van der Waals surface area contributed by atoms with Crippen LogP contribution in [-0.2, 0) is 14.6 Å². The Morgan fingerprint density at radius 3 is 2.81 bits per heavy atom. The van der Waals surface area contributed by atoms with E-state index in [-0.39, 0.29) is 10.8 Å². The highest BCUT2D eigenvalue weighted by atomic mass is 35.5. The number of anilines is 1. The van der Waals surface area contributed by atoms with Gasteiger partial charge in [0, 0.05) is 28.6 Å². The lowest BCUT2D eigenvalue weighted by molar-refractivity contribution is -0.111. The van der Waals surface area contributed by atoms with E-state index in [9.17, 15) is 13.2 Å². The number of carbonyl (C=O) groups is 1. The predicted molar refractivity (Wildman–Crippen MR) is 102 cm³/mol. The first kappa shape index (κ1) is 18.2. The summed E-state index contributed by atoms with van der Waals surface area (Å²) in [5.41, 5.74) is 2.08. The van der Waals surface area contributed by atoms with Crippen molar-refractivity contribution in [3.05, 3.63) is 70.8 Å². The van der Waals surface area contributed by atoms with E-state index in [1.54, 1.807) is 36.4 Å². The molecule has 1 aliphatic rings. The zero-order valence-corrected chi connectivity index (χ0v) is 15.5. The SMILES string of the molecule is CS(=O)(=O)c1cccc(NC(=O)C=CC2=Cc3cc(Cl)ccc3OC2)c1. The van der Waals surface area contributed by atoms with Crippen LogP contribution in [0.2, 0.25) is 5.02 Å². The van der Waals surface area contributed by atoms with E-state index < -0.39 is 9.84 Å². The molecule has 0 unspecified atom stereocenters. The highest BCUT2D eigenvalue weighted by Gasteiger charge is 2.11. The number of ether oxygens (including phenoxy) is 1. The quantitative estimate of drug-likeness (QED) is 0.809. The molecule has 1 amide bonds. The van der Waals surface area contributed by atoms with Gasteiger partial charge in [-0.05, 0) is 48.0 Å². The second-order valence-electron chi connectivity index (χ2n) is 5.81. The summed E-state index contributed by atoms with van der Waals surface area (Å²) in [6.45, 7) is 0.349. The summed E-state index contributed by atoms with van der Waals surface area (Å²) in [7, 11) is -3.33. The maximum absolute atomic E-state index is 12.1. The number of nitrogens with one attached hydrogen (secondary N) is 1. The van der Waals surface area contributed by atoms with Gasteiger partial charge in [-0.25, -0.2) is 8.42 Å². The molecule has 7 heteroatoms. The number of hydrogen-bond donors (Lipinski definition) is 1. The van der Waals surface area contributed by atoms with Gasteiger partial charge in [0.15, 0.2) is 9.84 Å². The average Bonchev–Trinajstić information content (AvgIpc) is 2.59. The molecule has 0 aromatic heterocycles. The Morgan fingerprint density at radius 1 is 1.23 bits per heavy atom. The first-order valence-corrected chi connectivity index (χ1v) is 10.0. The number of hydrogen-bond acceptors (Lipinski definition) is 4. The van der Waals surface area contributed by atoms with Crippen LogP contribution >= 0.6 is 11.6 Å². The van der Waals surface area contributed by atoms with E-state index in [1.165, 1.54) is 18.2 Å². The molecule has 0 bridgehead atoms. The van der Waals surface area contributed by atoms with Crippen LogP contribution < -0.4 is 10.1 Å². The molecule has 0 saturated carbocycles. The number of sulfone groups is 1. The fraction of sp³-hybridized carbons (Fsp3) is 0.105. The molecule has 2 aromatic carbocycles. The van der Waals surface area contributed by atoms with Crippen molar-refractivity contribution in [1.29, 1.82) is 0 Å². The second-order valence-corrected chi connectivity index (χ2v) is 8.26. The Kier molecular flexibility index (Phi) is 5.15. The summed E-state index contributed by atoms with van der Waals surface area (Å²) >= 11 is 5.98. The molecule has 1 N–H and O–H groups in total. The van der Waals surface area contributed by atoms with Gasteiger partial charge in [0.25, 0.3) is 0 Å². The zero-order chi connectivity index (χ0) is 18.7. The number of benzene rings is 2. The van der Waals surface area contributed by atoms with Gasteiger partial charge in [0.1, 0.15) is 12.4 Å². The van der Waals surface area contributed by atoms with E-state index in [1.807, 2.05) is 6.08 Å². The van der Waals surface area contributed by atoms with E-state index in [0.29, 0.717) is 17.3 Å². The first-order valence-electron chi connectivity index (χ1n) is 7.73. The summed E-state index contributed by atoms with van der Waals surface area (Å²) in [6, 6.07) is 11.5. The summed E-state index contributed by atoms with van der Waals surface area (Å²) in [5.74, 6) is 0.377. The number of carbonyl (C=O) groups excluding carboxylic acids is 1. The third-order valence-electron chi connectivity index (χ3n) is 3.69. The Balaban J connectivity index is 1.71. The van der Waals surface area contributed by atoms with Gasteiger partial charge in [-0.3, -0.25) is 4.79 Å². The molecular formula is C19H16ClNO4S. The Bertz CT molecular complexity index is 1030. The van der Waals surface area contributed by atoms with Gasteiger partial charge in [-0.1, -0.05) is 23.7 Å². The summed E-state index contributed by atoms with van der Waals surface area (Å²) < 4.78 is 28.8. The lowest BCUT2D eigenvalue weighted by atomic mass is 10.1. The maximum atomic E-state index is 12.1. The van der Waals surface area contributed by atoms with Gasteiger partial charge in [-0.2, -0.15) is 0 Å². The van der Waals surface area contributed by atoms with Gasteiger partial charge in [-0.15, -0.1) is 0 Å². The van der Waals surface area contributed by atoms with Crippen LogP contribution in [-0.4, -0.2) is 27.2 Å². The highest BCUT2D eigenvalue weighted by Crippen LogP contribution is 2.29. The van der Waals surface area contributed by atoms with E-state index >= 15 is 0 Å². The number of rotatable bonds is 4. The zero-order valence-electron chi connectivity index (χ0n) is 13.9. The van der Waals surface area contributed by atoms with Gasteiger partial charge in [0.05, 0.1) is 4.90 Å². The molecule has 2 aromatic rings. The van der Waals surface area contributed by atoms with Crippen LogP contribution in [0.4, 0.5) is 5.69 Å². The van der Waals surface area contributed by atoms with Crippen LogP contribution in [0.1, 0.15) is 5.56 Å². The number of fused-ring (bicyclic) bond motifs is 1. The van der Waals surface area contributed by atoms with Crippen LogP contribution in [0.5, 0.6) is 5.75 Å². The van der Waals surface area contributed by atoms with Crippen molar-refractivity contribution in [2.24, 2.45) is 0 Å². The molecule has 1 heterocycles. The van der Waals surface area contributed by atoms with Gasteiger partial charge >= 0.3 is 0 Å². The molecule has 3 rings (SSSR count). The molecule has 0 saturated heterocycles. The fourth-order valence-electron chi connectivity index (χ4n) is 2.43. The van der Waals surface area contributed by atoms with Crippen molar-refractivity contribution < 1.29 is 17.9 Å². The number of halogens is 1. The normalized spacial score (nSPS) is 13.7. The molecule has 0 spiro atoms. The van der Waals surface area contributed by atoms with Crippen molar-refractivity contribution >= 4 is 39.1 Å². The monoisotopic (exact) mass is 389 g/mol. The van der Waals surface area contributed by atoms with Crippen molar-refractivity contribution in [3.63, 3.8) is 0 Å². The molecular weight excluding hydrogens is 374 g/mol. The molecule has 1 aliphatic heterocycles. The minimum Gasteiger partial charge on any atom is -0.488 e. The smallest absolute Gasteiger partial charge is 0.248 e. The Hall–Kier alpha value is -2.57. The van der Waals surface area contributed by atoms with Gasteiger partial charge < -0.3 is 10.1 Å². The first-order chi connectivity index (χ1) is 12.3. The standard InChI is InChI=1S/C19H16ClNO4S/c1-26(23,24)17-4-2-3-16(11-17)21-19(22)8-5-13-9-14-10-15(20)6-7-18(14)25-12-13/h2-11H,12H2,1H3,(H,21,22). The molecule has 0 radical (unpaired) electrons. The van der Waals surface area contributed by atoms with Crippen molar-refractivity contribution in [2.45, 2.75) is 4.90 Å². The van der Waals surface area contributed by atoms with Crippen LogP contribution in [0.3, 0.4) is 0 Å². The maximum Gasteiger partial charge on any atom is 0.248 e. The summed E-state index contributed by atoms with van der Waals surface area (Å²) in [4.78, 5) is 12.2. The summed E-state index contributed by atoms with van der Waals surface area (Å²) in [6.07, 6.45) is 6.05. The third-order valence-corrected chi connectivity index (χ3v) is 5.03. The van der Waals surface area contributed by atoms with Crippen molar-refractivity contribution in [1.82, 2.24) is 0 Å². The Morgan fingerprint density at radius 2 is 2.04 bits per heavy atom. The third kappa shape index (κ3) is 4.53. The molecule has 0 aliphatic carbocycles. The lowest BCUT2D eigenvalue weighted by Gasteiger charge is -2.16. The predicted octanol–water partition coefficient (Wildman–Crippen LogP) is 3.71. The fourth-order valence-corrected chi connectivity index (χ4v) is 3.28. The van der Waals surface area contributed by atoms with Crippen LogP contribution in [0.25, 0.3) is 6.08 Å². The van der Waals surface area contributed by atoms with Gasteiger partial charge in [0.2, 0.25) is 5.91 Å². The van der Waals surface area contributed by atoms with Crippen LogP contribution in [0, 0.1) is 0 Å². The Labute approximate surface area is 156 Å². The lowest BCUT2D eigenvalue weighted by Crippen LogP contribution is -2.10. The summed E-state index contributed by atoms with van der Waals surface area (Å²) in [5, 5.41) is 3.25. The molecule has 5 nitrogen and oxygen atoms in total. The van der Waals surface area contributed by atoms with E-state index in [4.69, 9.17) is 16.3 Å². The largest absolute Gasteiger partial charge is 0.488 e. The molecule has 0 fully saturated rings. The molecule has 134 valence electrons.